The quantitative estimate of drug-likeness (QED) is 0.470. The predicted molar refractivity (Wildman–Crippen MR) is 89.8 cm³/mol. The number of fused-ring (bicyclic) bond motifs is 1. The molecule has 6 nitrogen and oxygen atoms in total. The predicted octanol–water partition coefficient (Wildman–Crippen LogP) is 1.81. The molecule has 0 spiro atoms. The topological polar surface area (TPSA) is 83.6 Å². The highest BCUT2D eigenvalue weighted by Gasteiger charge is 2.45. The van der Waals surface area contributed by atoms with Gasteiger partial charge < -0.3 is 0 Å². The summed E-state index contributed by atoms with van der Waals surface area (Å²) in [6.45, 7) is 0. The number of unbranched alkanes of at least 4 members (excludes halogenated alkanes) is 1. The molecule has 0 radical (unpaired) electrons. The average molecular weight is 393 g/mol. The van der Waals surface area contributed by atoms with Crippen LogP contribution in [0.1, 0.15) is 52.0 Å². The van der Waals surface area contributed by atoms with Gasteiger partial charge in [0.2, 0.25) is 11.8 Å². The first-order valence-electron chi connectivity index (χ1n) is 7.94. The van der Waals surface area contributed by atoms with Crippen molar-refractivity contribution in [2.75, 3.05) is 5.33 Å². The molecule has 0 saturated carbocycles. The molecule has 1 unspecified atom stereocenters. The lowest BCUT2D eigenvalue weighted by Crippen LogP contribution is -2.54. The van der Waals surface area contributed by atoms with Gasteiger partial charge in [0.1, 0.15) is 6.04 Å². The largest absolute Gasteiger partial charge is 0.295 e. The molecule has 0 aliphatic carbocycles. The van der Waals surface area contributed by atoms with E-state index in [4.69, 9.17) is 0 Å². The molecule has 24 heavy (non-hydrogen) atoms. The number of amides is 4. The maximum atomic E-state index is 12.8. The Labute approximate surface area is 147 Å². The maximum Gasteiger partial charge on any atom is 0.262 e. The van der Waals surface area contributed by atoms with E-state index in [0.717, 1.165) is 28.6 Å². The molecule has 3 rings (SSSR count). The van der Waals surface area contributed by atoms with Crippen molar-refractivity contribution in [2.24, 2.45) is 0 Å². The Kier molecular flexibility index (Phi) is 4.80. The molecule has 1 fully saturated rings. The Morgan fingerprint density at radius 2 is 1.92 bits per heavy atom. The van der Waals surface area contributed by atoms with E-state index < -0.39 is 23.8 Å². The summed E-state index contributed by atoms with van der Waals surface area (Å²) >= 11 is 3.38. The Morgan fingerprint density at radius 1 is 1.12 bits per heavy atom. The number of alkyl halides is 1. The minimum atomic E-state index is -0.912. The van der Waals surface area contributed by atoms with Crippen molar-refractivity contribution in [1.82, 2.24) is 10.2 Å². The summed E-state index contributed by atoms with van der Waals surface area (Å²) in [4.78, 5) is 49.8. The van der Waals surface area contributed by atoms with E-state index in [2.05, 4.69) is 21.2 Å². The van der Waals surface area contributed by atoms with Gasteiger partial charge >= 0.3 is 0 Å². The van der Waals surface area contributed by atoms with Crippen LogP contribution < -0.4 is 5.32 Å². The zero-order valence-corrected chi connectivity index (χ0v) is 14.6. The molecule has 7 heteroatoms. The molecular formula is C17H17BrN2O4. The highest BCUT2D eigenvalue weighted by atomic mass is 79.9. The molecule has 0 bridgehead atoms. The summed E-state index contributed by atoms with van der Waals surface area (Å²) in [6, 6.07) is 4.33. The van der Waals surface area contributed by atoms with Gasteiger partial charge in [-0.25, -0.2) is 0 Å². The Balaban J connectivity index is 1.89. The van der Waals surface area contributed by atoms with Gasteiger partial charge in [0.25, 0.3) is 11.8 Å². The van der Waals surface area contributed by atoms with Crippen LogP contribution in [0.2, 0.25) is 0 Å². The minimum Gasteiger partial charge on any atom is -0.295 e. The summed E-state index contributed by atoms with van der Waals surface area (Å²) in [6.07, 6.45) is 2.89. The summed E-state index contributed by atoms with van der Waals surface area (Å²) in [5.74, 6) is -1.84. The van der Waals surface area contributed by atoms with Gasteiger partial charge in [-0.1, -0.05) is 28.1 Å². The molecule has 2 aliphatic rings. The van der Waals surface area contributed by atoms with Gasteiger partial charge in [0.05, 0.1) is 11.1 Å². The lowest BCUT2D eigenvalue weighted by Gasteiger charge is -2.27. The zero-order valence-electron chi connectivity index (χ0n) is 13.0. The number of halogens is 1. The van der Waals surface area contributed by atoms with Crippen LogP contribution in [0.3, 0.4) is 0 Å². The summed E-state index contributed by atoms with van der Waals surface area (Å²) in [5, 5.41) is 3.09. The Bertz CT molecular complexity index is 731. The van der Waals surface area contributed by atoms with Crippen LogP contribution >= 0.6 is 15.9 Å². The molecule has 1 aromatic carbocycles. The number of aryl methyl sites for hydroxylation is 1. The maximum absolute atomic E-state index is 12.8. The molecule has 126 valence electrons. The molecule has 4 amide bonds. The van der Waals surface area contributed by atoms with E-state index in [1.54, 1.807) is 12.1 Å². The van der Waals surface area contributed by atoms with Crippen LogP contribution in [0.25, 0.3) is 0 Å². The number of imide groups is 2. The van der Waals surface area contributed by atoms with Crippen LogP contribution in [-0.2, 0) is 16.0 Å². The van der Waals surface area contributed by atoms with Gasteiger partial charge in [-0.3, -0.25) is 29.4 Å². The summed E-state index contributed by atoms with van der Waals surface area (Å²) < 4.78 is 0. The van der Waals surface area contributed by atoms with Crippen molar-refractivity contribution in [3.8, 4) is 0 Å². The van der Waals surface area contributed by atoms with Gasteiger partial charge in [-0.2, -0.15) is 0 Å². The number of benzene rings is 1. The lowest BCUT2D eigenvalue weighted by molar-refractivity contribution is -0.136. The number of rotatable bonds is 5. The van der Waals surface area contributed by atoms with Crippen LogP contribution in [-0.4, -0.2) is 39.9 Å². The van der Waals surface area contributed by atoms with Crippen LogP contribution in [0.4, 0.5) is 0 Å². The fourth-order valence-corrected chi connectivity index (χ4v) is 3.60. The molecule has 2 heterocycles. The van der Waals surface area contributed by atoms with Crippen molar-refractivity contribution in [1.29, 1.82) is 0 Å². The van der Waals surface area contributed by atoms with Crippen molar-refractivity contribution in [3.05, 3.63) is 34.9 Å². The highest BCUT2D eigenvalue weighted by molar-refractivity contribution is 9.09. The normalized spacial score (nSPS) is 20.4. The number of carbonyl (C=O) groups is 4. The minimum absolute atomic E-state index is 0.127. The third-order valence-corrected chi connectivity index (χ3v) is 4.94. The van der Waals surface area contributed by atoms with E-state index in [1.165, 1.54) is 0 Å². The first-order chi connectivity index (χ1) is 11.5. The van der Waals surface area contributed by atoms with Gasteiger partial charge in [-0.05, 0) is 37.3 Å². The number of hydrogen-bond donors (Lipinski definition) is 1. The lowest BCUT2D eigenvalue weighted by atomic mass is 9.98. The number of nitrogens with zero attached hydrogens (tertiary/aromatic N) is 1. The van der Waals surface area contributed by atoms with Crippen LogP contribution in [0.5, 0.6) is 0 Å². The second-order valence-electron chi connectivity index (χ2n) is 5.93. The van der Waals surface area contributed by atoms with E-state index >= 15 is 0 Å². The number of carbonyl (C=O) groups excluding carboxylic acids is 4. The number of piperidine rings is 1. The number of nitrogens with one attached hydrogen (secondary N) is 1. The molecule has 2 aliphatic heterocycles. The third kappa shape index (κ3) is 2.88. The monoisotopic (exact) mass is 392 g/mol. The first kappa shape index (κ1) is 16.8. The van der Waals surface area contributed by atoms with E-state index in [0.29, 0.717) is 17.5 Å². The zero-order chi connectivity index (χ0) is 17.3. The van der Waals surface area contributed by atoms with Crippen molar-refractivity contribution < 1.29 is 19.2 Å². The second-order valence-corrected chi connectivity index (χ2v) is 6.73. The second kappa shape index (κ2) is 6.84. The van der Waals surface area contributed by atoms with E-state index in [9.17, 15) is 19.2 Å². The molecular weight excluding hydrogens is 376 g/mol. The van der Waals surface area contributed by atoms with E-state index in [1.807, 2.05) is 6.07 Å². The summed E-state index contributed by atoms with van der Waals surface area (Å²) in [7, 11) is 0. The molecule has 0 aromatic heterocycles. The fourth-order valence-electron chi connectivity index (χ4n) is 3.20. The standard InChI is InChI=1S/C17H17BrN2O4/c18-9-2-1-4-10-5-3-6-11-14(10)17(24)20(16(11)23)12-7-8-13(21)19-15(12)22/h3,5-6,12H,1-2,4,7-9H2,(H,19,21,22). The first-order valence-corrected chi connectivity index (χ1v) is 9.06. The summed E-state index contributed by atoms with van der Waals surface area (Å²) in [5.41, 5.74) is 1.59. The van der Waals surface area contributed by atoms with Gasteiger partial charge in [0.15, 0.2) is 0 Å². The smallest absolute Gasteiger partial charge is 0.262 e. The van der Waals surface area contributed by atoms with Crippen molar-refractivity contribution >= 4 is 39.6 Å². The Hall–Kier alpha value is -2.02. The van der Waals surface area contributed by atoms with Gasteiger partial charge in [0, 0.05) is 11.8 Å². The fraction of sp³-hybridized carbons (Fsp3) is 0.412. The van der Waals surface area contributed by atoms with Crippen molar-refractivity contribution in [3.63, 3.8) is 0 Å². The van der Waals surface area contributed by atoms with E-state index in [-0.39, 0.29) is 18.7 Å². The van der Waals surface area contributed by atoms with Crippen LogP contribution in [0, 0.1) is 0 Å². The molecule has 1 aromatic rings. The van der Waals surface area contributed by atoms with Crippen LogP contribution in [0.15, 0.2) is 18.2 Å². The Morgan fingerprint density at radius 3 is 2.62 bits per heavy atom. The average Bonchev–Trinajstić information content (AvgIpc) is 2.81. The van der Waals surface area contributed by atoms with Crippen molar-refractivity contribution in [2.45, 2.75) is 38.1 Å². The molecule has 1 saturated heterocycles. The number of hydrogen-bond acceptors (Lipinski definition) is 4. The third-order valence-electron chi connectivity index (χ3n) is 4.38. The SMILES string of the molecule is O=C1CCC(N2C(=O)c3cccc(CCCCBr)c3C2=O)C(=O)N1. The molecule has 1 atom stereocenters. The highest BCUT2D eigenvalue weighted by Crippen LogP contribution is 2.30. The van der Waals surface area contributed by atoms with Gasteiger partial charge in [-0.15, -0.1) is 0 Å². The molecule has 1 N–H and O–H groups in total.